The maximum Gasteiger partial charge on any atom is 0.390 e. The highest BCUT2D eigenvalue weighted by molar-refractivity contribution is 7.19. The topological polar surface area (TPSA) is 29.0 Å². The molecule has 0 N–H and O–H groups in total. The minimum atomic E-state index is -4.14. The molecule has 0 saturated heterocycles. The van der Waals surface area contributed by atoms with Gasteiger partial charge in [0.05, 0.1) is 11.8 Å². The highest BCUT2D eigenvalue weighted by atomic mass is 32.1. The van der Waals surface area contributed by atoms with Gasteiger partial charge in [-0.2, -0.15) is 13.2 Å². The Bertz CT molecular complexity index is 636. The van der Waals surface area contributed by atoms with E-state index in [9.17, 15) is 13.2 Å². The van der Waals surface area contributed by atoms with Gasteiger partial charge in [-0.05, 0) is 24.8 Å². The third-order valence-corrected chi connectivity index (χ3v) is 4.77. The Morgan fingerprint density at radius 3 is 2.85 bits per heavy atom. The van der Waals surface area contributed by atoms with Gasteiger partial charge in [0.1, 0.15) is 17.0 Å². The van der Waals surface area contributed by atoms with Crippen molar-refractivity contribution in [3.05, 3.63) is 16.8 Å². The summed E-state index contributed by atoms with van der Waals surface area (Å²) in [6.45, 7) is -0.0831. The van der Waals surface area contributed by atoms with Crippen molar-refractivity contribution in [1.82, 2.24) is 9.97 Å². The second-order valence-electron chi connectivity index (χ2n) is 5.02. The summed E-state index contributed by atoms with van der Waals surface area (Å²) in [6.07, 6.45) is -0.408. The van der Waals surface area contributed by atoms with Crippen molar-refractivity contribution in [3.63, 3.8) is 0 Å². The van der Waals surface area contributed by atoms with E-state index in [1.807, 2.05) is 0 Å². The summed E-state index contributed by atoms with van der Waals surface area (Å²) < 4.78 is 37.0. The average molecular weight is 301 g/mol. The van der Waals surface area contributed by atoms with E-state index >= 15 is 0 Å². The normalized spacial score (nSPS) is 14.8. The van der Waals surface area contributed by atoms with Gasteiger partial charge < -0.3 is 4.90 Å². The standard InChI is InChI=1S/C13H14F3N3S/c1-19(6-5-13(14,15)16)11-10-8-3-2-4-9(8)20-12(10)18-7-17-11/h7H,2-6H2,1H3. The number of nitrogens with zero attached hydrogens (tertiary/aromatic N) is 3. The van der Waals surface area contributed by atoms with Crippen LogP contribution >= 0.6 is 11.3 Å². The van der Waals surface area contributed by atoms with Crippen LogP contribution in [-0.4, -0.2) is 29.7 Å². The molecule has 108 valence electrons. The van der Waals surface area contributed by atoms with E-state index in [4.69, 9.17) is 0 Å². The number of rotatable bonds is 3. The van der Waals surface area contributed by atoms with Gasteiger partial charge in [0.15, 0.2) is 0 Å². The van der Waals surface area contributed by atoms with Gasteiger partial charge in [-0.3, -0.25) is 0 Å². The quantitative estimate of drug-likeness (QED) is 0.868. The van der Waals surface area contributed by atoms with Crippen molar-refractivity contribution in [2.75, 3.05) is 18.5 Å². The predicted octanol–water partition coefficient (Wildman–Crippen LogP) is 3.57. The first-order valence-corrected chi connectivity index (χ1v) is 7.30. The monoisotopic (exact) mass is 301 g/mol. The van der Waals surface area contributed by atoms with Gasteiger partial charge in [-0.1, -0.05) is 0 Å². The van der Waals surface area contributed by atoms with Crippen LogP contribution in [0.4, 0.5) is 19.0 Å². The fraction of sp³-hybridized carbons (Fsp3) is 0.538. The van der Waals surface area contributed by atoms with E-state index in [1.165, 1.54) is 16.8 Å². The number of anilines is 1. The van der Waals surface area contributed by atoms with Crippen LogP contribution in [0.1, 0.15) is 23.3 Å². The molecule has 2 aromatic rings. The van der Waals surface area contributed by atoms with Gasteiger partial charge >= 0.3 is 6.18 Å². The number of halogens is 3. The lowest BCUT2D eigenvalue weighted by Crippen LogP contribution is -2.25. The van der Waals surface area contributed by atoms with Crippen molar-refractivity contribution >= 4 is 27.4 Å². The molecule has 1 aliphatic rings. The first-order chi connectivity index (χ1) is 9.46. The average Bonchev–Trinajstić information content (AvgIpc) is 2.94. The molecule has 0 amide bonds. The Labute approximate surface area is 118 Å². The van der Waals surface area contributed by atoms with Crippen molar-refractivity contribution in [1.29, 1.82) is 0 Å². The van der Waals surface area contributed by atoms with Crippen LogP contribution < -0.4 is 4.90 Å². The molecule has 20 heavy (non-hydrogen) atoms. The van der Waals surface area contributed by atoms with Crippen LogP contribution in [-0.2, 0) is 12.8 Å². The van der Waals surface area contributed by atoms with Crippen molar-refractivity contribution in [2.24, 2.45) is 0 Å². The number of aromatic nitrogens is 2. The minimum Gasteiger partial charge on any atom is -0.359 e. The molecule has 1 aliphatic carbocycles. The third kappa shape index (κ3) is 2.46. The molecule has 0 aromatic carbocycles. The molecular formula is C13H14F3N3S. The van der Waals surface area contributed by atoms with Crippen LogP contribution in [0.25, 0.3) is 10.2 Å². The summed E-state index contributed by atoms with van der Waals surface area (Å²) in [6, 6.07) is 0. The predicted molar refractivity (Wildman–Crippen MR) is 73.4 cm³/mol. The number of fused-ring (bicyclic) bond motifs is 3. The summed E-state index contributed by atoms with van der Waals surface area (Å²) in [7, 11) is 1.66. The minimum absolute atomic E-state index is 0.0831. The molecule has 0 unspecified atom stereocenters. The van der Waals surface area contributed by atoms with Crippen LogP contribution in [0.15, 0.2) is 6.33 Å². The molecule has 0 saturated carbocycles. The van der Waals surface area contributed by atoms with Gasteiger partial charge in [0.25, 0.3) is 0 Å². The van der Waals surface area contributed by atoms with Crippen LogP contribution in [0.5, 0.6) is 0 Å². The largest absolute Gasteiger partial charge is 0.390 e. The molecule has 0 fully saturated rings. The Balaban J connectivity index is 1.95. The maximum absolute atomic E-state index is 12.3. The van der Waals surface area contributed by atoms with Crippen molar-refractivity contribution < 1.29 is 13.2 Å². The van der Waals surface area contributed by atoms with Gasteiger partial charge in [0, 0.05) is 18.5 Å². The first-order valence-electron chi connectivity index (χ1n) is 6.49. The number of thiophene rings is 1. The summed E-state index contributed by atoms with van der Waals surface area (Å²) in [5.41, 5.74) is 1.24. The zero-order chi connectivity index (χ0) is 14.3. The van der Waals surface area contributed by atoms with Crippen LogP contribution in [0.2, 0.25) is 0 Å². The summed E-state index contributed by atoms with van der Waals surface area (Å²) in [5, 5.41) is 0.953. The lowest BCUT2D eigenvalue weighted by molar-refractivity contribution is -0.132. The van der Waals surface area contributed by atoms with Crippen LogP contribution in [0.3, 0.4) is 0 Å². The molecule has 0 radical (unpaired) electrons. The second-order valence-corrected chi connectivity index (χ2v) is 6.11. The Morgan fingerprint density at radius 2 is 2.10 bits per heavy atom. The second kappa shape index (κ2) is 4.87. The zero-order valence-electron chi connectivity index (χ0n) is 11.0. The lowest BCUT2D eigenvalue weighted by Gasteiger charge is -2.20. The van der Waals surface area contributed by atoms with E-state index in [-0.39, 0.29) is 6.54 Å². The summed E-state index contributed by atoms with van der Waals surface area (Å²) in [4.78, 5) is 12.3. The number of hydrogen-bond acceptors (Lipinski definition) is 4. The fourth-order valence-corrected chi connectivity index (χ4v) is 3.83. The Hall–Kier alpha value is -1.37. The Kier molecular flexibility index (Phi) is 3.32. The van der Waals surface area contributed by atoms with Gasteiger partial charge in [-0.25, -0.2) is 9.97 Å². The van der Waals surface area contributed by atoms with Crippen molar-refractivity contribution in [3.8, 4) is 0 Å². The fourth-order valence-electron chi connectivity index (χ4n) is 2.60. The number of hydrogen-bond donors (Lipinski definition) is 0. The summed E-state index contributed by atoms with van der Waals surface area (Å²) in [5.74, 6) is 0.624. The highest BCUT2D eigenvalue weighted by Crippen LogP contribution is 2.40. The molecule has 3 nitrogen and oxygen atoms in total. The molecule has 2 heterocycles. The lowest BCUT2D eigenvalue weighted by atomic mass is 10.2. The molecular weight excluding hydrogens is 287 g/mol. The van der Waals surface area contributed by atoms with E-state index in [2.05, 4.69) is 9.97 Å². The van der Waals surface area contributed by atoms with Crippen LogP contribution in [0, 0.1) is 0 Å². The van der Waals surface area contributed by atoms with Gasteiger partial charge in [-0.15, -0.1) is 11.3 Å². The molecule has 0 spiro atoms. The van der Waals surface area contributed by atoms with E-state index in [1.54, 1.807) is 23.3 Å². The molecule has 2 aromatic heterocycles. The van der Waals surface area contributed by atoms with Gasteiger partial charge in [0.2, 0.25) is 0 Å². The molecule has 0 atom stereocenters. The highest BCUT2D eigenvalue weighted by Gasteiger charge is 2.28. The van der Waals surface area contributed by atoms with E-state index in [0.717, 1.165) is 29.5 Å². The molecule has 7 heteroatoms. The maximum atomic E-state index is 12.3. The van der Waals surface area contributed by atoms with E-state index in [0.29, 0.717) is 5.82 Å². The number of alkyl halides is 3. The molecule has 0 bridgehead atoms. The van der Waals surface area contributed by atoms with Crippen molar-refractivity contribution in [2.45, 2.75) is 31.9 Å². The SMILES string of the molecule is CN(CCC(F)(F)F)c1ncnc2sc3c(c12)CCC3. The third-order valence-electron chi connectivity index (χ3n) is 3.57. The van der Waals surface area contributed by atoms with E-state index < -0.39 is 12.6 Å². The number of aryl methyl sites for hydroxylation is 2. The summed E-state index contributed by atoms with van der Waals surface area (Å²) >= 11 is 1.64. The molecule has 0 aliphatic heterocycles. The first kappa shape index (κ1) is 13.6. The Morgan fingerprint density at radius 1 is 1.30 bits per heavy atom. The molecule has 3 rings (SSSR count). The smallest absolute Gasteiger partial charge is 0.359 e. The zero-order valence-corrected chi connectivity index (χ0v) is 11.8.